The number of aryl methyl sites for hydroxylation is 1. The summed E-state index contributed by atoms with van der Waals surface area (Å²) in [6, 6.07) is 18.3. The van der Waals surface area contributed by atoms with Gasteiger partial charge >= 0.3 is 0 Å². The number of hydrogen-bond donors (Lipinski definition) is 2. The maximum atomic E-state index is 5.86. The van der Waals surface area contributed by atoms with Gasteiger partial charge in [-0.05, 0) is 31.2 Å². The van der Waals surface area contributed by atoms with Crippen molar-refractivity contribution in [3.8, 4) is 0 Å². The van der Waals surface area contributed by atoms with Gasteiger partial charge in [0.2, 0.25) is 11.9 Å². The first-order chi connectivity index (χ1) is 12.1. The number of nitrogens with two attached hydrogens (primary N) is 1. The zero-order chi connectivity index (χ0) is 17.6. The maximum absolute atomic E-state index is 5.86. The van der Waals surface area contributed by atoms with Crippen molar-refractivity contribution in [3.63, 3.8) is 0 Å². The van der Waals surface area contributed by atoms with E-state index in [2.05, 4.69) is 37.3 Å². The number of nitrogens with one attached hydrogen (secondary N) is 1. The standard InChI is InChI=1S/C19H22N6/c1-14-8-6-7-11-16(14)21-19-23-17(22-18(20)24-19)13-25(2)12-15-9-4-3-5-10-15/h3-11H,12-13H2,1-2H3,(H3,20,21,22,23,24). The quantitative estimate of drug-likeness (QED) is 0.721. The lowest BCUT2D eigenvalue weighted by atomic mass is 10.2. The molecule has 25 heavy (non-hydrogen) atoms. The second-order valence-electron chi connectivity index (χ2n) is 6.03. The predicted octanol–water partition coefficient (Wildman–Crippen LogP) is 3.14. The Morgan fingerprint density at radius 3 is 2.40 bits per heavy atom. The first-order valence-corrected chi connectivity index (χ1v) is 8.16. The molecule has 1 aromatic heterocycles. The highest BCUT2D eigenvalue weighted by Crippen LogP contribution is 2.18. The highest BCUT2D eigenvalue weighted by molar-refractivity contribution is 5.58. The first kappa shape index (κ1) is 16.9. The molecule has 0 unspecified atom stereocenters. The Morgan fingerprint density at radius 2 is 1.64 bits per heavy atom. The fourth-order valence-electron chi connectivity index (χ4n) is 2.59. The minimum atomic E-state index is 0.217. The van der Waals surface area contributed by atoms with Crippen LogP contribution in [0.4, 0.5) is 17.6 Å². The van der Waals surface area contributed by atoms with Gasteiger partial charge in [0, 0.05) is 12.2 Å². The molecule has 0 aliphatic heterocycles. The van der Waals surface area contributed by atoms with Gasteiger partial charge in [-0.2, -0.15) is 15.0 Å². The summed E-state index contributed by atoms with van der Waals surface area (Å²) in [5.74, 6) is 1.32. The largest absolute Gasteiger partial charge is 0.368 e. The molecule has 3 rings (SSSR count). The van der Waals surface area contributed by atoms with Crippen LogP contribution in [0.1, 0.15) is 17.0 Å². The molecule has 6 heteroatoms. The molecule has 2 aromatic carbocycles. The molecule has 0 amide bonds. The zero-order valence-corrected chi connectivity index (χ0v) is 14.5. The number of hydrogen-bond acceptors (Lipinski definition) is 6. The van der Waals surface area contributed by atoms with Gasteiger partial charge in [-0.25, -0.2) is 0 Å². The van der Waals surface area contributed by atoms with E-state index >= 15 is 0 Å². The summed E-state index contributed by atoms with van der Waals surface area (Å²) in [4.78, 5) is 15.1. The molecular formula is C19H22N6. The summed E-state index contributed by atoms with van der Waals surface area (Å²) in [5, 5.41) is 3.22. The van der Waals surface area contributed by atoms with E-state index in [-0.39, 0.29) is 5.95 Å². The summed E-state index contributed by atoms with van der Waals surface area (Å²) in [6.07, 6.45) is 0. The normalized spacial score (nSPS) is 10.8. The highest BCUT2D eigenvalue weighted by Gasteiger charge is 2.09. The number of nitrogens with zero attached hydrogens (tertiary/aromatic N) is 4. The van der Waals surface area contributed by atoms with Crippen molar-refractivity contribution in [2.45, 2.75) is 20.0 Å². The second kappa shape index (κ2) is 7.72. The molecule has 0 saturated heterocycles. The number of benzene rings is 2. The van der Waals surface area contributed by atoms with Crippen molar-refractivity contribution in [1.82, 2.24) is 19.9 Å². The third kappa shape index (κ3) is 4.74. The van der Waals surface area contributed by atoms with Crippen LogP contribution in [0.2, 0.25) is 0 Å². The van der Waals surface area contributed by atoms with E-state index in [0.29, 0.717) is 18.3 Å². The van der Waals surface area contributed by atoms with Crippen LogP contribution in [-0.2, 0) is 13.1 Å². The lowest BCUT2D eigenvalue weighted by Crippen LogP contribution is -2.20. The van der Waals surface area contributed by atoms with E-state index in [1.807, 2.05) is 56.4 Å². The third-order valence-corrected chi connectivity index (χ3v) is 3.80. The van der Waals surface area contributed by atoms with E-state index in [0.717, 1.165) is 17.8 Å². The number of para-hydroxylation sites is 1. The monoisotopic (exact) mass is 334 g/mol. The van der Waals surface area contributed by atoms with Crippen molar-refractivity contribution in [1.29, 1.82) is 0 Å². The summed E-state index contributed by atoms with van der Waals surface area (Å²) in [5.41, 5.74) is 9.17. The minimum absolute atomic E-state index is 0.217. The Labute approximate surface area is 147 Å². The first-order valence-electron chi connectivity index (χ1n) is 8.16. The fourth-order valence-corrected chi connectivity index (χ4v) is 2.59. The summed E-state index contributed by atoms with van der Waals surface area (Å²) >= 11 is 0. The smallest absolute Gasteiger partial charge is 0.232 e. The second-order valence-corrected chi connectivity index (χ2v) is 6.03. The van der Waals surface area contributed by atoms with Crippen molar-refractivity contribution >= 4 is 17.6 Å². The summed E-state index contributed by atoms with van der Waals surface area (Å²) in [7, 11) is 2.03. The molecule has 0 spiro atoms. The van der Waals surface area contributed by atoms with Crippen LogP contribution in [0.25, 0.3) is 0 Å². The van der Waals surface area contributed by atoms with Gasteiger partial charge in [0.15, 0.2) is 0 Å². The molecule has 3 N–H and O–H groups in total. The minimum Gasteiger partial charge on any atom is -0.368 e. The van der Waals surface area contributed by atoms with E-state index in [4.69, 9.17) is 5.73 Å². The molecule has 0 radical (unpaired) electrons. The van der Waals surface area contributed by atoms with Crippen LogP contribution in [-0.4, -0.2) is 26.9 Å². The molecular weight excluding hydrogens is 312 g/mol. The average Bonchev–Trinajstić information content (AvgIpc) is 2.57. The summed E-state index contributed by atoms with van der Waals surface area (Å²) < 4.78 is 0. The van der Waals surface area contributed by atoms with Gasteiger partial charge in [0.25, 0.3) is 0 Å². The van der Waals surface area contributed by atoms with Crippen LogP contribution < -0.4 is 11.1 Å². The fraction of sp³-hybridized carbons (Fsp3) is 0.211. The van der Waals surface area contributed by atoms with E-state index in [1.165, 1.54) is 5.56 Å². The molecule has 0 aliphatic rings. The average molecular weight is 334 g/mol. The summed E-state index contributed by atoms with van der Waals surface area (Å²) in [6.45, 7) is 3.43. The van der Waals surface area contributed by atoms with Gasteiger partial charge in [0.05, 0.1) is 6.54 Å². The SMILES string of the molecule is Cc1ccccc1Nc1nc(N)nc(CN(C)Cc2ccccc2)n1. The Kier molecular flexibility index (Phi) is 5.20. The predicted molar refractivity (Wildman–Crippen MR) is 100 cm³/mol. The maximum Gasteiger partial charge on any atom is 0.232 e. The third-order valence-electron chi connectivity index (χ3n) is 3.80. The van der Waals surface area contributed by atoms with Crippen molar-refractivity contribution in [3.05, 3.63) is 71.5 Å². The molecule has 6 nitrogen and oxygen atoms in total. The lowest BCUT2D eigenvalue weighted by molar-refractivity contribution is 0.310. The van der Waals surface area contributed by atoms with Crippen molar-refractivity contribution in [2.24, 2.45) is 0 Å². The molecule has 128 valence electrons. The Morgan fingerprint density at radius 1 is 0.920 bits per heavy atom. The number of nitrogen functional groups attached to an aromatic ring is 1. The molecule has 0 fully saturated rings. The van der Waals surface area contributed by atoms with Crippen LogP contribution in [0.5, 0.6) is 0 Å². The zero-order valence-electron chi connectivity index (χ0n) is 14.5. The van der Waals surface area contributed by atoms with Gasteiger partial charge in [0.1, 0.15) is 5.82 Å². The molecule has 3 aromatic rings. The van der Waals surface area contributed by atoms with Crippen LogP contribution >= 0.6 is 0 Å². The molecule has 0 bridgehead atoms. The van der Waals surface area contributed by atoms with Gasteiger partial charge in [-0.15, -0.1) is 0 Å². The van der Waals surface area contributed by atoms with Crippen LogP contribution in [0.15, 0.2) is 54.6 Å². The van der Waals surface area contributed by atoms with E-state index in [9.17, 15) is 0 Å². The van der Waals surface area contributed by atoms with Gasteiger partial charge < -0.3 is 11.1 Å². The number of rotatable bonds is 6. The van der Waals surface area contributed by atoms with Gasteiger partial charge in [-0.3, -0.25) is 4.90 Å². The van der Waals surface area contributed by atoms with Crippen molar-refractivity contribution < 1.29 is 0 Å². The molecule has 0 saturated carbocycles. The Balaban J connectivity index is 1.72. The topological polar surface area (TPSA) is 80.0 Å². The van der Waals surface area contributed by atoms with E-state index < -0.39 is 0 Å². The van der Waals surface area contributed by atoms with Gasteiger partial charge in [-0.1, -0.05) is 48.5 Å². The number of aromatic nitrogens is 3. The highest BCUT2D eigenvalue weighted by atomic mass is 15.2. The Hall–Kier alpha value is -2.99. The van der Waals surface area contributed by atoms with Crippen LogP contribution in [0, 0.1) is 6.92 Å². The van der Waals surface area contributed by atoms with Crippen LogP contribution in [0.3, 0.4) is 0 Å². The van der Waals surface area contributed by atoms with Crippen molar-refractivity contribution in [2.75, 3.05) is 18.1 Å². The lowest BCUT2D eigenvalue weighted by Gasteiger charge is -2.16. The van der Waals surface area contributed by atoms with E-state index in [1.54, 1.807) is 0 Å². The Bertz CT molecular complexity index is 834. The molecule has 0 aliphatic carbocycles. The molecule has 1 heterocycles. The number of anilines is 3. The molecule has 0 atom stereocenters.